The number of fused-ring (bicyclic) bond motifs is 1. The highest BCUT2D eigenvalue weighted by Gasteiger charge is 2.52. The minimum Gasteiger partial charge on any atom is -0.785 e. The lowest BCUT2D eigenvalue weighted by Crippen LogP contribution is -2.59. The molecule has 0 aromatic heterocycles. The number of piperidine rings is 1. The van der Waals surface area contributed by atoms with Crippen LogP contribution < -0.4 is 0 Å². The summed E-state index contributed by atoms with van der Waals surface area (Å²) in [5.74, 6) is 0.877. The molecule has 19 heavy (non-hydrogen) atoms. The van der Waals surface area contributed by atoms with Gasteiger partial charge in [0.15, 0.2) is 0 Å². The Hall–Kier alpha value is -1.06. The summed E-state index contributed by atoms with van der Waals surface area (Å²) < 4.78 is 0. The van der Waals surface area contributed by atoms with Gasteiger partial charge in [0, 0.05) is 11.5 Å². The van der Waals surface area contributed by atoms with Crippen molar-refractivity contribution in [3.05, 3.63) is 34.5 Å². The number of phenols is 1. The van der Waals surface area contributed by atoms with Gasteiger partial charge in [0.25, 0.3) is 0 Å². The van der Waals surface area contributed by atoms with E-state index in [0.717, 1.165) is 12.8 Å². The predicted octanol–water partition coefficient (Wildman–Crippen LogP) is 2.95. The monoisotopic (exact) mass is 258 g/mol. The highest BCUT2D eigenvalue weighted by Crippen LogP contribution is 2.55. The number of nitrogens with zero attached hydrogens (tertiary/aromatic N) is 1. The van der Waals surface area contributed by atoms with Crippen LogP contribution in [0.1, 0.15) is 43.2 Å². The van der Waals surface area contributed by atoms with E-state index >= 15 is 0 Å². The van der Waals surface area contributed by atoms with Gasteiger partial charge in [-0.3, -0.25) is 0 Å². The molecule has 0 spiro atoms. The van der Waals surface area contributed by atoms with E-state index in [4.69, 9.17) is 0 Å². The summed E-state index contributed by atoms with van der Waals surface area (Å²) in [7, 11) is 0. The standard InChI is InChI=1S/C16H20NO2/c18-12-5-4-11-9-15-13-3-1-2-6-16(13,14(11)10-12)7-8-17(15)19/h4-5,10,13,15,18H,1-3,6-9H2/q-1. The summed E-state index contributed by atoms with van der Waals surface area (Å²) in [5, 5.41) is 23.4. The SMILES string of the molecule is [O-]N1CCC23CCCCC2C1Cc1ccc(O)cc13. The molecule has 1 aliphatic heterocycles. The first-order valence-corrected chi connectivity index (χ1v) is 7.47. The Morgan fingerprint density at radius 3 is 3.05 bits per heavy atom. The molecule has 3 nitrogen and oxygen atoms in total. The molecule has 1 N–H and O–H groups in total. The predicted molar refractivity (Wildman–Crippen MR) is 73.9 cm³/mol. The third-order valence-electron chi connectivity index (χ3n) is 5.77. The maximum Gasteiger partial charge on any atom is 0.115 e. The van der Waals surface area contributed by atoms with Gasteiger partial charge in [-0.1, -0.05) is 18.9 Å². The van der Waals surface area contributed by atoms with Gasteiger partial charge in [0.1, 0.15) is 5.75 Å². The van der Waals surface area contributed by atoms with Crippen molar-refractivity contribution in [1.82, 2.24) is 5.06 Å². The molecule has 102 valence electrons. The Bertz CT molecular complexity index is 515. The van der Waals surface area contributed by atoms with Crippen LogP contribution in [-0.2, 0) is 11.8 Å². The average molecular weight is 258 g/mol. The van der Waals surface area contributed by atoms with E-state index in [1.807, 2.05) is 12.1 Å². The summed E-state index contributed by atoms with van der Waals surface area (Å²) in [6.07, 6.45) is 6.72. The van der Waals surface area contributed by atoms with Crippen LogP contribution in [0.2, 0.25) is 0 Å². The van der Waals surface area contributed by atoms with Crippen LogP contribution in [0.4, 0.5) is 0 Å². The lowest BCUT2D eigenvalue weighted by Gasteiger charge is -2.61. The van der Waals surface area contributed by atoms with Crippen molar-refractivity contribution in [2.45, 2.75) is 50.0 Å². The summed E-state index contributed by atoms with van der Waals surface area (Å²) in [6.45, 7) is 0.663. The first kappa shape index (κ1) is 11.7. The number of aromatic hydroxyl groups is 1. The largest absolute Gasteiger partial charge is 0.785 e. The maximum absolute atomic E-state index is 12.2. The van der Waals surface area contributed by atoms with Crippen LogP contribution >= 0.6 is 0 Å². The van der Waals surface area contributed by atoms with Crippen LogP contribution in [0, 0.1) is 11.1 Å². The van der Waals surface area contributed by atoms with Gasteiger partial charge in [-0.05, 0) is 61.4 Å². The van der Waals surface area contributed by atoms with Gasteiger partial charge in [-0.25, -0.2) is 0 Å². The number of rotatable bonds is 0. The van der Waals surface area contributed by atoms with Crippen LogP contribution in [0.5, 0.6) is 5.75 Å². The molecular weight excluding hydrogens is 238 g/mol. The number of benzene rings is 1. The zero-order chi connectivity index (χ0) is 13.0. The van der Waals surface area contributed by atoms with Crippen molar-refractivity contribution in [2.24, 2.45) is 5.92 Å². The fourth-order valence-electron chi connectivity index (χ4n) is 4.96. The fourth-order valence-corrected chi connectivity index (χ4v) is 4.96. The second-order valence-corrected chi connectivity index (χ2v) is 6.51. The zero-order valence-electron chi connectivity index (χ0n) is 11.1. The second-order valence-electron chi connectivity index (χ2n) is 6.51. The smallest absolute Gasteiger partial charge is 0.115 e. The molecule has 3 atom stereocenters. The fraction of sp³-hybridized carbons (Fsp3) is 0.625. The van der Waals surface area contributed by atoms with Crippen molar-refractivity contribution in [2.75, 3.05) is 6.54 Å². The minimum absolute atomic E-state index is 0.172. The molecular formula is C16H20NO2-. The van der Waals surface area contributed by atoms with Crippen molar-refractivity contribution >= 4 is 0 Å². The molecule has 1 saturated carbocycles. The third-order valence-corrected chi connectivity index (χ3v) is 5.77. The van der Waals surface area contributed by atoms with E-state index in [2.05, 4.69) is 0 Å². The maximum atomic E-state index is 12.2. The molecule has 2 aliphatic carbocycles. The second kappa shape index (κ2) is 3.97. The first-order valence-electron chi connectivity index (χ1n) is 7.47. The number of hydroxylamine groups is 2. The molecule has 1 saturated heterocycles. The quantitative estimate of drug-likeness (QED) is 0.778. The average Bonchev–Trinajstić information content (AvgIpc) is 2.43. The summed E-state index contributed by atoms with van der Waals surface area (Å²) >= 11 is 0. The van der Waals surface area contributed by atoms with Gasteiger partial charge in [0.2, 0.25) is 0 Å². The summed E-state index contributed by atoms with van der Waals surface area (Å²) in [6, 6.07) is 5.95. The van der Waals surface area contributed by atoms with Gasteiger partial charge < -0.3 is 15.4 Å². The van der Waals surface area contributed by atoms with Crippen molar-refractivity contribution < 1.29 is 5.11 Å². The molecule has 1 aromatic carbocycles. The minimum atomic E-state index is 0.172. The van der Waals surface area contributed by atoms with Gasteiger partial charge >= 0.3 is 0 Å². The van der Waals surface area contributed by atoms with E-state index in [1.165, 1.54) is 41.9 Å². The normalized spacial score (nSPS) is 37.5. The Morgan fingerprint density at radius 1 is 1.26 bits per heavy atom. The molecule has 2 bridgehead atoms. The van der Waals surface area contributed by atoms with Crippen molar-refractivity contribution in [3.8, 4) is 5.75 Å². The number of hydrogen-bond acceptors (Lipinski definition) is 3. The molecule has 1 aromatic rings. The lowest BCUT2D eigenvalue weighted by atomic mass is 9.52. The number of hydrogen-bond donors (Lipinski definition) is 1. The molecule has 4 rings (SSSR count). The van der Waals surface area contributed by atoms with Gasteiger partial charge in [-0.15, -0.1) is 0 Å². The van der Waals surface area contributed by atoms with E-state index < -0.39 is 0 Å². The molecule has 0 radical (unpaired) electrons. The van der Waals surface area contributed by atoms with Crippen LogP contribution in [0.15, 0.2) is 18.2 Å². The summed E-state index contributed by atoms with van der Waals surface area (Å²) in [4.78, 5) is 0. The van der Waals surface area contributed by atoms with E-state index in [1.54, 1.807) is 6.07 Å². The van der Waals surface area contributed by atoms with Crippen molar-refractivity contribution in [1.29, 1.82) is 0 Å². The molecule has 1 heterocycles. The van der Waals surface area contributed by atoms with E-state index in [9.17, 15) is 10.3 Å². The summed E-state index contributed by atoms with van der Waals surface area (Å²) in [5.41, 5.74) is 2.82. The third kappa shape index (κ3) is 1.52. The molecule has 3 unspecified atom stereocenters. The van der Waals surface area contributed by atoms with E-state index in [0.29, 0.717) is 18.2 Å². The zero-order valence-corrected chi connectivity index (χ0v) is 11.1. The Morgan fingerprint density at radius 2 is 2.16 bits per heavy atom. The van der Waals surface area contributed by atoms with Crippen molar-refractivity contribution in [3.63, 3.8) is 0 Å². The van der Waals surface area contributed by atoms with E-state index in [-0.39, 0.29) is 11.5 Å². The Kier molecular flexibility index (Phi) is 2.45. The topological polar surface area (TPSA) is 46.5 Å². The highest BCUT2D eigenvalue weighted by atomic mass is 16.5. The molecule has 0 amide bonds. The van der Waals surface area contributed by atoms with Gasteiger partial charge in [0.05, 0.1) is 0 Å². The number of phenolic OH excluding ortho intramolecular Hbond substituents is 1. The molecule has 3 heteroatoms. The van der Waals surface area contributed by atoms with Crippen LogP contribution in [0.3, 0.4) is 0 Å². The highest BCUT2D eigenvalue weighted by molar-refractivity contribution is 5.45. The Labute approximate surface area is 113 Å². The first-order chi connectivity index (χ1) is 9.21. The molecule has 2 fully saturated rings. The Balaban J connectivity index is 1.90. The van der Waals surface area contributed by atoms with Gasteiger partial charge in [-0.2, -0.15) is 0 Å². The van der Waals surface area contributed by atoms with Crippen LogP contribution in [-0.4, -0.2) is 22.8 Å². The lowest BCUT2D eigenvalue weighted by molar-refractivity contribution is 0.0139. The molecule has 3 aliphatic rings. The van der Waals surface area contributed by atoms with Crippen LogP contribution in [0.25, 0.3) is 0 Å².